The number of rotatable bonds is 7. The molecule has 12 heteroatoms. The average molecular weight is 488 g/mol. The molecule has 0 bridgehead atoms. The second-order valence-corrected chi connectivity index (χ2v) is 8.16. The summed E-state index contributed by atoms with van der Waals surface area (Å²) in [6.07, 6.45) is 2.17. The van der Waals surface area contributed by atoms with Crippen LogP contribution in [0.15, 0.2) is 18.5 Å². The first-order valence-electron chi connectivity index (χ1n) is 11.0. The van der Waals surface area contributed by atoms with Gasteiger partial charge in [0.05, 0.1) is 13.7 Å². The van der Waals surface area contributed by atoms with E-state index >= 15 is 0 Å². The number of pyridine rings is 1. The molecule has 4 heterocycles. The van der Waals surface area contributed by atoms with E-state index in [0.717, 1.165) is 17.1 Å². The monoisotopic (exact) mass is 487 g/mol. The molecule has 0 radical (unpaired) electrons. The summed E-state index contributed by atoms with van der Waals surface area (Å²) in [6.45, 7) is 6.17. The van der Waals surface area contributed by atoms with Crippen LogP contribution < -0.4 is 9.64 Å². The quantitative estimate of drug-likeness (QED) is 0.364. The summed E-state index contributed by atoms with van der Waals surface area (Å²) in [5.41, 5.74) is 2.13. The van der Waals surface area contributed by atoms with E-state index in [0.29, 0.717) is 56.4 Å². The van der Waals surface area contributed by atoms with Crippen LogP contribution in [0.1, 0.15) is 35.0 Å². The molecule has 1 fully saturated rings. The minimum Gasteiger partial charge on any atom is -0.481 e. The average Bonchev–Trinajstić information content (AvgIpc) is 3.29. The largest absolute Gasteiger partial charge is 0.481 e. The van der Waals surface area contributed by atoms with E-state index < -0.39 is 0 Å². The number of aryl methyl sites for hydroxylation is 1. The molecule has 3 aromatic heterocycles. The maximum absolute atomic E-state index is 13.1. The summed E-state index contributed by atoms with van der Waals surface area (Å²) >= 11 is 6.04. The lowest BCUT2D eigenvalue weighted by Crippen LogP contribution is -2.49. The number of esters is 1. The number of halogens is 1. The number of hydrogen-bond donors (Lipinski definition) is 0. The number of fused-ring (bicyclic) bond motifs is 1. The van der Waals surface area contributed by atoms with Crippen molar-refractivity contribution in [1.82, 2.24) is 29.5 Å². The highest BCUT2D eigenvalue weighted by molar-refractivity contribution is 6.29. The van der Waals surface area contributed by atoms with Crippen molar-refractivity contribution in [2.24, 2.45) is 0 Å². The van der Waals surface area contributed by atoms with Gasteiger partial charge < -0.3 is 19.3 Å². The van der Waals surface area contributed by atoms with Crippen LogP contribution in [0.25, 0.3) is 5.78 Å². The van der Waals surface area contributed by atoms with Gasteiger partial charge in [-0.1, -0.05) is 11.6 Å². The number of ether oxygens (including phenoxy) is 2. The number of nitrogens with zero attached hydrogens (tertiary/aromatic N) is 7. The second kappa shape index (κ2) is 10.2. The summed E-state index contributed by atoms with van der Waals surface area (Å²) in [6, 6.07) is 3.12. The number of amides is 1. The van der Waals surface area contributed by atoms with Gasteiger partial charge in [-0.3, -0.25) is 9.59 Å². The molecule has 1 aliphatic heterocycles. The Bertz CT molecular complexity index is 1210. The molecule has 3 aromatic rings. The van der Waals surface area contributed by atoms with Gasteiger partial charge in [0.2, 0.25) is 5.88 Å². The van der Waals surface area contributed by atoms with Crippen molar-refractivity contribution in [3.05, 3.63) is 40.4 Å². The van der Waals surface area contributed by atoms with Crippen molar-refractivity contribution in [3.8, 4) is 5.88 Å². The fourth-order valence-corrected chi connectivity index (χ4v) is 4.25. The lowest BCUT2D eigenvalue weighted by Gasteiger charge is -2.37. The predicted octanol–water partition coefficient (Wildman–Crippen LogP) is 1.95. The maximum atomic E-state index is 13.1. The summed E-state index contributed by atoms with van der Waals surface area (Å²) in [5.74, 6) is 1.23. The maximum Gasteiger partial charge on any atom is 0.306 e. The van der Waals surface area contributed by atoms with Crippen LogP contribution in [0.4, 0.5) is 5.82 Å². The summed E-state index contributed by atoms with van der Waals surface area (Å²) in [7, 11) is 1.48. The fraction of sp³-hybridized carbons (Fsp3) is 0.455. The van der Waals surface area contributed by atoms with Crippen LogP contribution >= 0.6 is 11.6 Å². The van der Waals surface area contributed by atoms with Gasteiger partial charge in [0.15, 0.2) is 0 Å². The van der Waals surface area contributed by atoms with E-state index in [-0.39, 0.29) is 23.5 Å². The second-order valence-electron chi connectivity index (χ2n) is 7.78. The third kappa shape index (κ3) is 4.89. The van der Waals surface area contributed by atoms with Gasteiger partial charge in [-0.25, -0.2) is 9.97 Å². The van der Waals surface area contributed by atoms with Crippen LogP contribution in [0.3, 0.4) is 0 Å². The number of methoxy groups -OCH3 is 1. The van der Waals surface area contributed by atoms with Gasteiger partial charge in [0.1, 0.15) is 17.3 Å². The zero-order valence-corrected chi connectivity index (χ0v) is 20.1. The molecule has 34 heavy (non-hydrogen) atoms. The van der Waals surface area contributed by atoms with Gasteiger partial charge in [0.25, 0.3) is 11.7 Å². The number of piperazine rings is 1. The lowest BCUT2D eigenvalue weighted by molar-refractivity contribution is -0.143. The first-order chi connectivity index (χ1) is 16.4. The Labute approximate surface area is 201 Å². The van der Waals surface area contributed by atoms with E-state index in [4.69, 9.17) is 21.1 Å². The van der Waals surface area contributed by atoms with Crippen LogP contribution in [-0.2, 0) is 16.0 Å². The Kier molecular flexibility index (Phi) is 7.11. The standard InChI is InChI=1S/C22H26ClN7O4/c1-4-34-19(31)6-5-16-14(2)26-22-24-13-25-30(22)20(16)28-7-9-29(10-8-28)21(32)15-11-17(23)27-18(12-15)33-3/h11-13H,4-10H2,1-3H3. The minimum atomic E-state index is -0.256. The molecule has 0 aromatic carbocycles. The molecule has 0 aliphatic carbocycles. The van der Waals surface area contributed by atoms with Gasteiger partial charge in [0, 0.05) is 55.5 Å². The van der Waals surface area contributed by atoms with Gasteiger partial charge in [-0.05, 0) is 26.3 Å². The van der Waals surface area contributed by atoms with Gasteiger partial charge in [-0.15, -0.1) is 0 Å². The Morgan fingerprint density at radius 2 is 1.91 bits per heavy atom. The first kappa shape index (κ1) is 23.7. The van der Waals surface area contributed by atoms with E-state index in [1.54, 1.807) is 22.4 Å². The molecule has 0 atom stereocenters. The number of carbonyl (C=O) groups excluding carboxylic acids is 2. The van der Waals surface area contributed by atoms with Gasteiger partial charge in [-0.2, -0.15) is 14.6 Å². The van der Waals surface area contributed by atoms with Crippen LogP contribution in [0, 0.1) is 6.92 Å². The molecular formula is C22H26ClN7O4. The molecular weight excluding hydrogens is 462 g/mol. The van der Waals surface area contributed by atoms with Crippen molar-refractivity contribution in [2.45, 2.75) is 26.7 Å². The van der Waals surface area contributed by atoms with Crippen LogP contribution in [0.2, 0.25) is 5.15 Å². The highest BCUT2D eigenvalue weighted by atomic mass is 35.5. The predicted molar refractivity (Wildman–Crippen MR) is 124 cm³/mol. The molecule has 0 unspecified atom stereocenters. The first-order valence-corrected chi connectivity index (χ1v) is 11.4. The van der Waals surface area contributed by atoms with Crippen molar-refractivity contribution >= 4 is 35.1 Å². The molecule has 0 saturated carbocycles. The zero-order valence-electron chi connectivity index (χ0n) is 19.3. The lowest BCUT2D eigenvalue weighted by atomic mass is 10.1. The number of carbonyl (C=O) groups is 2. The molecule has 1 saturated heterocycles. The Hall–Kier alpha value is -3.47. The molecule has 0 spiro atoms. The van der Waals surface area contributed by atoms with Crippen LogP contribution in [-0.4, -0.2) is 81.2 Å². The van der Waals surface area contributed by atoms with E-state index in [1.807, 2.05) is 6.92 Å². The van der Waals surface area contributed by atoms with Crippen molar-refractivity contribution in [2.75, 3.05) is 44.8 Å². The Morgan fingerprint density at radius 3 is 2.62 bits per heavy atom. The summed E-state index contributed by atoms with van der Waals surface area (Å²) < 4.78 is 11.9. The van der Waals surface area contributed by atoms with Gasteiger partial charge >= 0.3 is 5.97 Å². The van der Waals surface area contributed by atoms with E-state index in [9.17, 15) is 9.59 Å². The summed E-state index contributed by atoms with van der Waals surface area (Å²) in [4.78, 5) is 41.8. The summed E-state index contributed by atoms with van der Waals surface area (Å²) in [5, 5.41) is 4.56. The highest BCUT2D eigenvalue weighted by Crippen LogP contribution is 2.27. The third-order valence-corrected chi connectivity index (χ3v) is 5.88. The van der Waals surface area contributed by atoms with E-state index in [1.165, 1.54) is 19.5 Å². The molecule has 1 amide bonds. The fourth-order valence-electron chi connectivity index (χ4n) is 4.05. The third-order valence-electron chi connectivity index (χ3n) is 5.68. The Morgan fingerprint density at radius 1 is 1.15 bits per heavy atom. The van der Waals surface area contributed by atoms with Crippen LogP contribution in [0.5, 0.6) is 5.88 Å². The van der Waals surface area contributed by atoms with Crippen molar-refractivity contribution in [3.63, 3.8) is 0 Å². The van der Waals surface area contributed by atoms with Crippen molar-refractivity contribution in [1.29, 1.82) is 0 Å². The number of anilines is 1. The normalized spacial score (nSPS) is 13.9. The minimum absolute atomic E-state index is 0.137. The zero-order chi connectivity index (χ0) is 24.2. The SMILES string of the molecule is CCOC(=O)CCc1c(C)nc2ncnn2c1N1CCN(C(=O)c2cc(Cl)nc(OC)c2)CC1. The molecule has 1 aliphatic rings. The highest BCUT2D eigenvalue weighted by Gasteiger charge is 2.27. The molecule has 0 N–H and O–H groups in total. The molecule has 180 valence electrons. The van der Waals surface area contributed by atoms with Crippen molar-refractivity contribution < 1.29 is 19.1 Å². The topological polar surface area (TPSA) is 115 Å². The molecule has 11 nitrogen and oxygen atoms in total. The van der Waals surface area contributed by atoms with E-state index in [2.05, 4.69) is 25.0 Å². The molecule has 4 rings (SSSR count). The number of aromatic nitrogens is 5. The Balaban J connectivity index is 1.55. The smallest absolute Gasteiger partial charge is 0.306 e. The number of hydrogen-bond acceptors (Lipinski definition) is 9.